The molecule has 14 heavy (non-hydrogen) atoms. The van der Waals surface area contributed by atoms with Gasteiger partial charge in [-0.25, -0.2) is 14.8 Å². The summed E-state index contributed by atoms with van der Waals surface area (Å²) in [6.45, 7) is 1.60. The Morgan fingerprint density at radius 3 is 3.14 bits per heavy atom. The predicted octanol–water partition coefficient (Wildman–Crippen LogP) is 1.15. The molecule has 1 atom stereocenters. The molecule has 0 spiro atoms. The van der Waals surface area contributed by atoms with E-state index >= 15 is 0 Å². The van der Waals surface area contributed by atoms with Crippen molar-refractivity contribution in [3.63, 3.8) is 0 Å². The second-order valence-corrected chi connectivity index (χ2v) is 3.47. The summed E-state index contributed by atoms with van der Waals surface area (Å²) >= 11 is 1.03. The fourth-order valence-corrected chi connectivity index (χ4v) is 1.38. The molecule has 6 heteroatoms. The number of thioether (sulfide) groups is 1. The van der Waals surface area contributed by atoms with E-state index in [1.165, 1.54) is 6.33 Å². The van der Waals surface area contributed by atoms with Crippen LogP contribution in [0, 0.1) is 0 Å². The number of hydrogen-bond acceptors (Lipinski definition) is 6. The number of aromatic nitrogens is 2. The van der Waals surface area contributed by atoms with Gasteiger partial charge in [-0.1, -0.05) is 0 Å². The molecule has 0 amide bonds. The highest BCUT2D eigenvalue weighted by molar-refractivity contribution is 8.12. The zero-order chi connectivity index (χ0) is 10.4. The summed E-state index contributed by atoms with van der Waals surface area (Å²) < 4.78 is 4.73. The van der Waals surface area contributed by atoms with Crippen LogP contribution in [0.1, 0.15) is 12.6 Å². The van der Waals surface area contributed by atoms with Crippen LogP contribution in [0.25, 0.3) is 0 Å². The van der Waals surface area contributed by atoms with E-state index in [0.29, 0.717) is 5.75 Å². The maximum Gasteiger partial charge on any atom is 0.369 e. The van der Waals surface area contributed by atoms with E-state index in [4.69, 9.17) is 10.5 Å². The molecule has 1 rings (SSSR count). The topological polar surface area (TPSA) is 78.1 Å². The van der Waals surface area contributed by atoms with Crippen LogP contribution in [0.5, 0.6) is 0 Å². The molecule has 0 saturated carbocycles. The second-order valence-electron chi connectivity index (χ2n) is 2.56. The van der Waals surface area contributed by atoms with Gasteiger partial charge in [0.05, 0.1) is 5.69 Å². The standard InChI is InChI=1S/C8H11N3O2S/c1-6(9)13-8(12)14-4-7-2-3-10-5-11-7/h2-3,5-6H,4,9H2,1H3. The van der Waals surface area contributed by atoms with Gasteiger partial charge in [-0.3, -0.25) is 5.73 Å². The first-order valence-electron chi connectivity index (χ1n) is 4.02. The number of nitrogens with zero attached hydrogens (tertiary/aromatic N) is 2. The average Bonchev–Trinajstić information content (AvgIpc) is 2.15. The SMILES string of the molecule is CC(N)OC(=O)SCc1ccncn1. The monoisotopic (exact) mass is 213 g/mol. The first-order valence-corrected chi connectivity index (χ1v) is 5.01. The van der Waals surface area contributed by atoms with Gasteiger partial charge >= 0.3 is 5.30 Å². The molecule has 0 fully saturated rings. The number of rotatable bonds is 3. The van der Waals surface area contributed by atoms with Gasteiger partial charge in [-0.05, 0) is 24.8 Å². The molecular weight excluding hydrogens is 202 g/mol. The Morgan fingerprint density at radius 1 is 1.79 bits per heavy atom. The van der Waals surface area contributed by atoms with Gasteiger partial charge in [0.1, 0.15) is 12.6 Å². The van der Waals surface area contributed by atoms with Crippen molar-refractivity contribution in [3.05, 3.63) is 24.3 Å². The molecule has 76 valence electrons. The summed E-state index contributed by atoms with van der Waals surface area (Å²) in [4.78, 5) is 18.8. The number of nitrogens with two attached hydrogens (primary N) is 1. The van der Waals surface area contributed by atoms with Crippen LogP contribution >= 0.6 is 11.8 Å². The molecule has 2 N–H and O–H groups in total. The molecule has 1 unspecified atom stereocenters. The smallest absolute Gasteiger partial charge is 0.369 e. The summed E-state index contributed by atoms with van der Waals surface area (Å²) in [7, 11) is 0. The summed E-state index contributed by atoms with van der Waals surface area (Å²) in [6, 6.07) is 1.74. The molecule has 0 aromatic carbocycles. The molecule has 0 aliphatic carbocycles. The third-order valence-corrected chi connectivity index (χ3v) is 2.04. The van der Waals surface area contributed by atoms with Gasteiger partial charge in [-0.15, -0.1) is 0 Å². The predicted molar refractivity (Wildman–Crippen MR) is 53.5 cm³/mol. The lowest BCUT2D eigenvalue weighted by Crippen LogP contribution is -2.21. The van der Waals surface area contributed by atoms with Crippen LogP contribution < -0.4 is 5.73 Å². The van der Waals surface area contributed by atoms with E-state index in [-0.39, 0.29) is 0 Å². The fourth-order valence-electron chi connectivity index (χ4n) is 0.722. The largest absolute Gasteiger partial charge is 0.439 e. The van der Waals surface area contributed by atoms with Gasteiger partial charge in [0.15, 0.2) is 0 Å². The highest BCUT2D eigenvalue weighted by atomic mass is 32.2. The van der Waals surface area contributed by atoms with Crippen molar-refractivity contribution in [2.24, 2.45) is 5.73 Å². The highest BCUT2D eigenvalue weighted by Crippen LogP contribution is 2.12. The van der Waals surface area contributed by atoms with Crippen molar-refractivity contribution < 1.29 is 9.53 Å². The van der Waals surface area contributed by atoms with Crippen molar-refractivity contribution in [2.45, 2.75) is 18.9 Å². The number of ether oxygens (including phenoxy) is 1. The summed E-state index contributed by atoms with van der Waals surface area (Å²) in [5.74, 6) is 0.466. The highest BCUT2D eigenvalue weighted by Gasteiger charge is 2.06. The van der Waals surface area contributed by atoms with Gasteiger partial charge in [0.2, 0.25) is 0 Å². The molecule has 1 heterocycles. The first kappa shape index (κ1) is 10.9. The van der Waals surface area contributed by atoms with Crippen LogP contribution in [0.3, 0.4) is 0 Å². The zero-order valence-corrected chi connectivity index (χ0v) is 8.53. The molecular formula is C8H11N3O2S. The van der Waals surface area contributed by atoms with Gasteiger partial charge in [0, 0.05) is 11.9 Å². The Kier molecular flexibility index (Phi) is 4.34. The fraction of sp³-hybridized carbons (Fsp3) is 0.375. The second kappa shape index (κ2) is 5.56. The lowest BCUT2D eigenvalue weighted by molar-refractivity contribution is 0.136. The van der Waals surface area contributed by atoms with Crippen molar-refractivity contribution in [1.82, 2.24) is 9.97 Å². The molecule has 0 aliphatic heterocycles. The van der Waals surface area contributed by atoms with Crippen LogP contribution in [0.2, 0.25) is 0 Å². The molecule has 0 bridgehead atoms. The van der Waals surface area contributed by atoms with Crippen molar-refractivity contribution in [3.8, 4) is 0 Å². The van der Waals surface area contributed by atoms with E-state index in [1.807, 2.05) is 0 Å². The van der Waals surface area contributed by atoms with E-state index in [2.05, 4.69) is 9.97 Å². The van der Waals surface area contributed by atoms with Gasteiger partial charge < -0.3 is 4.74 Å². The maximum absolute atomic E-state index is 11.0. The normalized spacial score (nSPS) is 12.1. The Hall–Kier alpha value is -1.14. The van der Waals surface area contributed by atoms with Crippen molar-refractivity contribution >= 4 is 17.1 Å². The molecule has 1 aromatic heterocycles. The minimum Gasteiger partial charge on any atom is -0.439 e. The average molecular weight is 213 g/mol. The van der Waals surface area contributed by atoms with Crippen molar-refractivity contribution in [2.75, 3.05) is 0 Å². The number of hydrogen-bond donors (Lipinski definition) is 1. The third-order valence-electron chi connectivity index (χ3n) is 1.26. The van der Waals surface area contributed by atoms with Crippen LogP contribution in [-0.4, -0.2) is 21.5 Å². The Labute approximate surface area is 86.1 Å². The molecule has 0 saturated heterocycles. The maximum atomic E-state index is 11.0. The van der Waals surface area contributed by atoms with Crippen LogP contribution in [0.15, 0.2) is 18.6 Å². The van der Waals surface area contributed by atoms with Crippen molar-refractivity contribution in [1.29, 1.82) is 0 Å². The Bertz CT molecular complexity index is 292. The molecule has 5 nitrogen and oxygen atoms in total. The first-order chi connectivity index (χ1) is 6.68. The molecule has 0 radical (unpaired) electrons. The number of carbonyl (C=O) groups excluding carboxylic acids is 1. The molecule has 1 aromatic rings. The van der Waals surface area contributed by atoms with E-state index in [0.717, 1.165) is 17.5 Å². The van der Waals surface area contributed by atoms with Crippen LogP contribution in [-0.2, 0) is 10.5 Å². The minimum absolute atomic E-state index is 0.390. The lowest BCUT2D eigenvalue weighted by atomic mass is 10.5. The quantitative estimate of drug-likeness (QED) is 0.599. The molecule has 0 aliphatic rings. The van der Waals surface area contributed by atoms with E-state index < -0.39 is 11.5 Å². The Morgan fingerprint density at radius 2 is 2.57 bits per heavy atom. The van der Waals surface area contributed by atoms with Crippen LogP contribution in [0.4, 0.5) is 4.79 Å². The lowest BCUT2D eigenvalue weighted by Gasteiger charge is -2.06. The summed E-state index contributed by atoms with van der Waals surface area (Å²) in [5, 5.41) is -0.390. The summed E-state index contributed by atoms with van der Waals surface area (Å²) in [5.41, 5.74) is 6.06. The Balaban J connectivity index is 2.31. The van der Waals surface area contributed by atoms with Gasteiger partial charge in [0.25, 0.3) is 0 Å². The number of carbonyl (C=O) groups is 1. The van der Waals surface area contributed by atoms with E-state index in [1.54, 1.807) is 19.2 Å². The van der Waals surface area contributed by atoms with Gasteiger partial charge in [-0.2, -0.15) is 0 Å². The third kappa shape index (κ3) is 4.20. The van der Waals surface area contributed by atoms with E-state index in [9.17, 15) is 4.79 Å². The minimum atomic E-state index is -0.569. The summed E-state index contributed by atoms with van der Waals surface area (Å²) in [6.07, 6.45) is 2.49. The zero-order valence-electron chi connectivity index (χ0n) is 7.71.